The molecule has 2 aromatic rings. The van der Waals surface area contributed by atoms with Crippen LogP contribution in [0.15, 0.2) is 40.1 Å². The molecule has 0 bridgehead atoms. The maximum Gasteiger partial charge on any atom is 0.257 e. The van der Waals surface area contributed by atoms with E-state index in [0.29, 0.717) is 6.54 Å². The van der Waals surface area contributed by atoms with Gasteiger partial charge in [0.05, 0.1) is 23.2 Å². The van der Waals surface area contributed by atoms with Gasteiger partial charge in [-0.3, -0.25) is 9.69 Å². The molecular formula is C20H25N3OS2. The predicted molar refractivity (Wildman–Crippen MR) is 109 cm³/mol. The van der Waals surface area contributed by atoms with Gasteiger partial charge in [-0.05, 0) is 54.6 Å². The zero-order chi connectivity index (χ0) is 17.9. The summed E-state index contributed by atoms with van der Waals surface area (Å²) < 4.78 is 0. The van der Waals surface area contributed by atoms with Crippen LogP contribution in [0.4, 0.5) is 0 Å². The zero-order valence-electron chi connectivity index (χ0n) is 15.1. The molecule has 4 rings (SSSR count). The van der Waals surface area contributed by atoms with E-state index in [2.05, 4.69) is 40.8 Å². The van der Waals surface area contributed by atoms with Gasteiger partial charge in [0, 0.05) is 17.8 Å². The minimum atomic E-state index is 0.0454. The lowest BCUT2D eigenvalue weighted by Gasteiger charge is -2.26. The molecule has 1 atom stereocenters. The first kappa shape index (κ1) is 17.9. The van der Waals surface area contributed by atoms with Gasteiger partial charge in [0.2, 0.25) is 0 Å². The maximum absolute atomic E-state index is 13.1. The van der Waals surface area contributed by atoms with E-state index in [4.69, 9.17) is 5.10 Å². The molecule has 1 unspecified atom stereocenters. The molecule has 26 heavy (non-hydrogen) atoms. The minimum absolute atomic E-state index is 0.0454. The smallest absolute Gasteiger partial charge is 0.257 e. The van der Waals surface area contributed by atoms with Gasteiger partial charge in [-0.25, -0.2) is 5.01 Å². The highest BCUT2D eigenvalue weighted by molar-refractivity contribution is 7.12. The Kier molecular flexibility index (Phi) is 5.52. The molecule has 1 aliphatic carbocycles. The first-order valence-electron chi connectivity index (χ1n) is 9.43. The van der Waals surface area contributed by atoms with Crippen LogP contribution in [0, 0.1) is 5.92 Å². The van der Waals surface area contributed by atoms with Crippen LogP contribution in [0.5, 0.6) is 0 Å². The van der Waals surface area contributed by atoms with E-state index in [9.17, 15) is 4.79 Å². The van der Waals surface area contributed by atoms with E-state index in [1.807, 2.05) is 6.07 Å². The number of amides is 1. The van der Waals surface area contributed by atoms with Crippen molar-refractivity contribution in [3.63, 3.8) is 0 Å². The van der Waals surface area contributed by atoms with Crippen LogP contribution in [0.1, 0.15) is 48.4 Å². The van der Waals surface area contributed by atoms with Gasteiger partial charge in [0.15, 0.2) is 0 Å². The maximum atomic E-state index is 13.1. The van der Waals surface area contributed by atoms with Crippen molar-refractivity contribution in [1.29, 1.82) is 0 Å². The third-order valence-electron chi connectivity index (χ3n) is 4.96. The number of nitrogens with zero attached hydrogens (tertiary/aromatic N) is 3. The Labute approximate surface area is 163 Å². The summed E-state index contributed by atoms with van der Waals surface area (Å²) in [5.74, 6) is 0.926. The van der Waals surface area contributed by atoms with Crippen molar-refractivity contribution >= 4 is 34.3 Å². The molecule has 0 aromatic carbocycles. The summed E-state index contributed by atoms with van der Waals surface area (Å²) in [7, 11) is 0. The Morgan fingerprint density at radius 1 is 1.27 bits per heavy atom. The van der Waals surface area contributed by atoms with Crippen LogP contribution in [-0.4, -0.2) is 41.2 Å². The Hall–Kier alpha value is -1.50. The first-order chi connectivity index (χ1) is 12.7. The fourth-order valence-corrected chi connectivity index (χ4v) is 5.05. The van der Waals surface area contributed by atoms with E-state index < -0.39 is 0 Å². The van der Waals surface area contributed by atoms with Crippen LogP contribution in [0.3, 0.4) is 0 Å². The van der Waals surface area contributed by atoms with Crippen molar-refractivity contribution in [2.24, 2.45) is 11.0 Å². The number of thiophene rings is 2. The van der Waals surface area contributed by atoms with Gasteiger partial charge < -0.3 is 0 Å². The van der Waals surface area contributed by atoms with Gasteiger partial charge in [-0.15, -0.1) is 22.7 Å². The quantitative estimate of drug-likeness (QED) is 0.663. The van der Waals surface area contributed by atoms with Crippen molar-refractivity contribution in [2.75, 3.05) is 19.6 Å². The van der Waals surface area contributed by atoms with E-state index in [1.165, 1.54) is 22.6 Å². The summed E-state index contributed by atoms with van der Waals surface area (Å²) in [6, 6.07) is 8.37. The Balaban J connectivity index is 1.52. The zero-order valence-corrected chi connectivity index (χ0v) is 16.8. The van der Waals surface area contributed by atoms with Gasteiger partial charge in [-0.1, -0.05) is 19.1 Å². The molecule has 1 aliphatic heterocycles. The molecule has 4 nitrogen and oxygen atoms in total. The number of rotatable bonds is 8. The lowest BCUT2D eigenvalue weighted by molar-refractivity contribution is -0.134. The fraction of sp³-hybridized carbons (Fsp3) is 0.500. The Bertz CT molecular complexity index is 750. The summed E-state index contributed by atoms with van der Waals surface area (Å²) >= 11 is 3.41. The average Bonchev–Trinajstić information content (AvgIpc) is 3.10. The van der Waals surface area contributed by atoms with Crippen LogP contribution in [0.2, 0.25) is 0 Å². The summed E-state index contributed by atoms with van der Waals surface area (Å²) in [4.78, 5) is 17.9. The third-order valence-corrected chi connectivity index (χ3v) is 6.85. The van der Waals surface area contributed by atoms with Crippen molar-refractivity contribution < 1.29 is 4.79 Å². The summed E-state index contributed by atoms with van der Waals surface area (Å²) in [6.07, 6.45) is 4.52. The van der Waals surface area contributed by atoms with Gasteiger partial charge >= 0.3 is 0 Å². The number of carbonyl (C=O) groups excluding carboxylic acids is 1. The summed E-state index contributed by atoms with van der Waals surface area (Å²) in [5.41, 5.74) is 1.04. The minimum Gasteiger partial charge on any atom is -0.294 e. The second-order valence-corrected chi connectivity index (χ2v) is 9.10. The topological polar surface area (TPSA) is 35.9 Å². The van der Waals surface area contributed by atoms with E-state index in [1.54, 1.807) is 27.7 Å². The van der Waals surface area contributed by atoms with Crippen molar-refractivity contribution in [3.05, 3.63) is 44.8 Å². The van der Waals surface area contributed by atoms with Crippen LogP contribution in [-0.2, 0) is 4.79 Å². The summed E-state index contributed by atoms with van der Waals surface area (Å²) in [5, 5.41) is 10.7. The summed E-state index contributed by atoms with van der Waals surface area (Å²) in [6.45, 7) is 4.70. The molecule has 1 amide bonds. The van der Waals surface area contributed by atoms with E-state index in [0.717, 1.165) is 37.6 Å². The fourth-order valence-electron chi connectivity index (χ4n) is 3.51. The number of hydrazone groups is 1. The molecule has 2 aromatic heterocycles. The molecule has 2 aliphatic rings. The van der Waals surface area contributed by atoms with Crippen molar-refractivity contribution in [1.82, 2.24) is 9.91 Å². The largest absolute Gasteiger partial charge is 0.294 e. The van der Waals surface area contributed by atoms with Crippen molar-refractivity contribution in [2.45, 2.75) is 38.6 Å². The highest BCUT2D eigenvalue weighted by atomic mass is 32.1. The second-order valence-electron chi connectivity index (χ2n) is 7.18. The molecule has 0 spiro atoms. The molecule has 1 fully saturated rings. The lowest BCUT2D eigenvalue weighted by Crippen LogP contribution is -2.39. The molecule has 0 N–H and O–H groups in total. The monoisotopic (exact) mass is 387 g/mol. The molecule has 3 heterocycles. The van der Waals surface area contributed by atoms with Crippen LogP contribution in [0.25, 0.3) is 0 Å². The molecule has 1 saturated carbocycles. The molecule has 6 heteroatoms. The molecule has 138 valence electrons. The number of hydrogen-bond acceptors (Lipinski definition) is 5. The van der Waals surface area contributed by atoms with E-state index >= 15 is 0 Å². The van der Waals surface area contributed by atoms with Crippen LogP contribution >= 0.6 is 22.7 Å². The van der Waals surface area contributed by atoms with E-state index in [-0.39, 0.29) is 11.9 Å². The van der Waals surface area contributed by atoms with Gasteiger partial charge in [0.25, 0.3) is 5.91 Å². The van der Waals surface area contributed by atoms with Gasteiger partial charge in [0.1, 0.15) is 0 Å². The normalized spacial score (nSPS) is 20.0. The van der Waals surface area contributed by atoms with Crippen molar-refractivity contribution in [3.8, 4) is 0 Å². The Morgan fingerprint density at radius 3 is 2.73 bits per heavy atom. The third kappa shape index (κ3) is 4.08. The van der Waals surface area contributed by atoms with Gasteiger partial charge in [-0.2, -0.15) is 5.10 Å². The standard InChI is InChI=1S/C20H25N3OS2/c1-2-9-22(13-15-7-8-15)14-20(24)23-17(19-6-4-11-26-19)12-16(21-23)18-5-3-10-25-18/h3-6,10-11,15,17H,2,7-9,12-14H2,1H3. The first-order valence-corrected chi connectivity index (χ1v) is 11.2. The molecule has 0 saturated heterocycles. The lowest BCUT2D eigenvalue weighted by atomic mass is 10.1. The second kappa shape index (κ2) is 8.03. The highest BCUT2D eigenvalue weighted by Gasteiger charge is 2.35. The van der Waals surface area contributed by atoms with Crippen LogP contribution < -0.4 is 0 Å². The average molecular weight is 388 g/mol. The Morgan fingerprint density at radius 2 is 2.08 bits per heavy atom. The SMILES string of the molecule is CCCN(CC(=O)N1N=C(c2cccs2)CC1c1cccs1)CC1CC1. The number of carbonyl (C=O) groups is 1. The molecule has 0 radical (unpaired) electrons. The number of hydrogen-bond donors (Lipinski definition) is 0. The molecular weight excluding hydrogens is 362 g/mol. The highest BCUT2D eigenvalue weighted by Crippen LogP contribution is 2.36. The predicted octanol–water partition coefficient (Wildman–Crippen LogP) is 4.61.